The van der Waals surface area contributed by atoms with Gasteiger partial charge >= 0.3 is 0 Å². The predicted molar refractivity (Wildman–Crippen MR) is 79.1 cm³/mol. The second-order valence-corrected chi connectivity index (χ2v) is 5.77. The lowest BCUT2D eigenvalue weighted by Gasteiger charge is -2.39. The van der Waals surface area contributed by atoms with Gasteiger partial charge in [0.25, 0.3) is 0 Å². The maximum absolute atomic E-state index is 5.81. The van der Waals surface area contributed by atoms with Gasteiger partial charge in [-0.1, -0.05) is 12.1 Å². The van der Waals surface area contributed by atoms with Crippen LogP contribution in [0.5, 0.6) is 0 Å². The average Bonchev–Trinajstić information content (AvgIpc) is 3.10. The second-order valence-electron chi connectivity index (χ2n) is 5.77. The number of fused-ring (bicyclic) bond motifs is 1. The number of ether oxygens (including phenoxy) is 2. The minimum atomic E-state index is -0.298. The predicted octanol–water partition coefficient (Wildman–Crippen LogP) is 2.82. The molecule has 1 N–H and O–H groups in total. The highest BCUT2D eigenvalue weighted by Crippen LogP contribution is 2.36. The third kappa shape index (κ3) is 1.83. The van der Waals surface area contributed by atoms with E-state index in [-0.39, 0.29) is 5.79 Å². The number of H-pyrrole nitrogens is 1. The number of aromatic nitrogens is 1. The third-order valence-corrected chi connectivity index (χ3v) is 4.56. The van der Waals surface area contributed by atoms with Gasteiger partial charge in [-0.05, 0) is 18.6 Å². The summed E-state index contributed by atoms with van der Waals surface area (Å²) in [4.78, 5) is 5.85. The molecule has 1 aromatic heterocycles. The Hall–Kier alpha value is -1.52. The number of piperidine rings is 1. The van der Waals surface area contributed by atoms with Gasteiger partial charge in [-0.2, -0.15) is 0 Å². The first-order chi connectivity index (χ1) is 9.77. The molecule has 2 fully saturated rings. The van der Waals surface area contributed by atoms with Crippen LogP contribution in [-0.4, -0.2) is 37.1 Å². The van der Waals surface area contributed by atoms with Gasteiger partial charge < -0.3 is 19.4 Å². The molecule has 0 atom stereocenters. The fourth-order valence-corrected chi connectivity index (χ4v) is 3.48. The van der Waals surface area contributed by atoms with E-state index in [0.29, 0.717) is 0 Å². The molecule has 4 rings (SSSR count). The summed E-state index contributed by atoms with van der Waals surface area (Å²) in [5, 5.41) is 1.28. The van der Waals surface area contributed by atoms with Gasteiger partial charge in [0, 0.05) is 37.5 Å². The zero-order chi connectivity index (χ0) is 13.6. The molecular weight excluding hydrogens is 252 g/mol. The summed E-state index contributed by atoms with van der Waals surface area (Å²) in [6.07, 6.45) is 3.91. The Labute approximate surface area is 118 Å². The van der Waals surface area contributed by atoms with Crippen LogP contribution in [0.2, 0.25) is 0 Å². The van der Waals surface area contributed by atoms with E-state index >= 15 is 0 Å². The molecule has 3 heterocycles. The summed E-state index contributed by atoms with van der Waals surface area (Å²) in [5.74, 6) is -0.298. The molecule has 4 heteroatoms. The molecule has 0 bridgehead atoms. The summed E-state index contributed by atoms with van der Waals surface area (Å²) in [5.41, 5.74) is 3.90. The highest BCUT2D eigenvalue weighted by atomic mass is 16.7. The monoisotopic (exact) mass is 272 g/mol. The van der Waals surface area contributed by atoms with Crippen LogP contribution >= 0.6 is 0 Å². The van der Waals surface area contributed by atoms with Gasteiger partial charge in [0.1, 0.15) is 0 Å². The first kappa shape index (κ1) is 12.2. The summed E-state index contributed by atoms with van der Waals surface area (Å²) in [7, 11) is 0. The molecule has 0 aliphatic carbocycles. The minimum Gasteiger partial charge on any atom is -0.369 e. The van der Waals surface area contributed by atoms with Crippen LogP contribution < -0.4 is 4.90 Å². The van der Waals surface area contributed by atoms with Crippen LogP contribution in [0.4, 0.5) is 5.69 Å². The van der Waals surface area contributed by atoms with E-state index in [1.165, 1.54) is 22.2 Å². The smallest absolute Gasteiger partial charge is 0.171 e. The number of hydrogen-bond acceptors (Lipinski definition) is 3. The molecule has 106 valence electrons. The van der Waals surface area contributed by atoms with Gasteiger partial charge in [0.15, 0.2) is 5.79 Å². The maximum atomic E-state index is 5.81. The van der Waals surface area contributed by atoms with Gasteiger partial charge in [-0.3, -0.25) is 0 Å². The molecule has 4 nitrogen and oxygen atoms in total. The van der Waals surface area contributed by atoms with Gasteiger partial charge in [-0.25, -0.2) is 0 Å². The SMILES string of the molecule is Cc1ccc2cc[nH]c2c1N1CCC2(CC1)OCCO2. The highest BCUT2D eigenvalue weighted by molar-refractivity contribution is 5.93. The van der Waals surface area contributed by atoms with E-state index in [9.17, 15) is 0 Å². The molecule has 0 amide bonds. The van der Waals surface area contributed by atoms with Crippen molar-refractivity contribution >= 4 is 16.6 Å². The van der Waals surface area contributed by atoms with E-state index < -0.39 is 0 Å². The van der Waals surface area contributed by atoms with Crippen molar-refractivity contribution in [1.82, 2.24) is 4.98 Å². The minimum absolute atomic E-state index is 0.298. The summed E-state index contributed by atoms with van der Waals surface area (Å²) >= 11 is 0. The van der Waals surface area contributed by atoms with Crippen molar-refractivity contribution in [2.75, 3.05) is 31.2 Å². The molecule has 1 aromatic carbocycles. The van der Waals surface area contributed by atoms with Crippen molar-refractivity contribution in [1.29, 1.82) is 0 Å². The molecule has 2 aliphatic heterocycles. The first-order valence-electron chi connectivity index (χ1n) is 7.37. The molecule has 20 heavy (non-hydrogen) atoms. The zero-order valence-corrected chi connectivity index (χ0v) is 11.8. The number of nitrogens with one attached hydrogen (secondary N) is 1. The number of benzene rings is 1. The molecule has 2 aliphatic rings. The third-order valence-electron chi connectivity index (χ3n) is 4.56. The standard InChI is InChI=1S/C16H20N2O2/c1-12-2-3-13-4-7-17-14(13)15(12)18-8-5-16(6-9-18)19-10-11-20-16/h2-4,7,17H,5-6,8-11H2,1H3. The number of hydrogen-bond donors (Lipinski definition) is 1. The Kier molecular flexibility index (Phi) is 2.75. The van der Waals surface area contributed by atoms with Crippen molar-refractivity contribution in [3.8, 4) is 0 Å². The van der Waals surface area contributed by atoms with Crippen LogP contribution in [0.15, 0.2) is 24.4 Å². The summed E-state index contributed by atoms with van der Waals surface area (Å²) in [6, 6.07) is 6.52. The van der Waals surface area contributed by atoms with E-state index in [1.807, 2.05) is 6.20 Å². The normalized spacial score (nSPS) is 21.9. The first-order valence-corrected chi connectivity index (χ1v) is 7.37. The zero-order valence-electron chi connectivity index (χ0n) is 11.8. The Morgan fingerprint density at radius 3 is 2.60 bits per heavy atom. The van der Waals surface area contributed by atoms with E-state index in [4.69, 9.17) is 9.47 Å². The molecule has 0 radical (unpaired) electrons. The van der Waals surface area contributed by atoms with Gasteiger partial charge in [0.05, 0.1) is 24.4 Å². The molecule has 0 unspecified atom stereocenters. The number of nitrogens with zero attached hydrogens (tertiary/aromatic N) is 1. The summed E-state index contributed by atoms with van der Waals surface area (Å²) in [6.45, 7) is 5.64. The Balaban J connectivity index is 1.64. The van der Waals surface area contributed by atoms with E-state index in [0.717, 1.165) is 39.1 Å². The Morgan fingerprint density at radius 1 is 1.10 bits per heavy atom. The van der Waals surface area contributed by atoms with Crippen molar-refractivity contribution in [2.24, 2.45) is 0 Å². The van der Waals surface area contributed by atoms with E-state index in [1.54, 1.807) is 0 Å². The number of rotatable bonds is 1. The lowest BCUT2D eigenvalue weighted by molar-refractivity contribution is -0.169. The fourth-order valence-electron chi connectivity index (χ4n) is 3.48. The number of aryl methyl sites for hydroxylation is 1. The van der Waals surface area contributed by atoms with Crippen molar-refractivity contribution < 1.29 is 9.47 Å². The van der Waals surface area contributed by atoms with Crippen LogP contribution in [0, 0.1) is 6.92 Å². The fraction of sp³-hybridized carbons (Fsp3) is 0.500. The maximum Gasteiger partial charge on any atom is 0.171 e. The Bertz CT molecular complexity index is 618. The van der Waals surface area contributed by atoms with Crippen LogP contribution in [0.25, 0.3) is 10.9 Å². The van der Waals surface area contributed by atoms with Crippen molar-refractivity contribution in [3.63, 3.8) is 0 Å². The number of anilines is 1. The van der Waals surface area contributed by atoms with Crippen molar-refractivity contribution in [2.45, 2.75) is 25.6 Å². The average molecular weight is 272 g/mol. The van der Waals surface area contributed by atoms with Gasteiger partial charge in [0.2, 0.25) is 0 Å². The lowest BCUT2D eigenvalue weighted by atomic mass is 10.0. The molecule has 0 saturated carbocycles. The quantitative estimate of drug-likeness (QED) is 0.867. The molecule has 1 spiro atoms. The van der Waals surface area contributed by atoms with Crippen LogP contribution in [0.1, 0.15) is 18.4 Å². The van der Waals surface area contributed by atoms with E-state index in [2.05, 4.69) is 35.0 Å². The molecule has 2 aromatic rings. The Morgan fingerprint density at radius 2 is 1.85 bits per heavy atom. The lowest BCUT2D eigenvalue weighted by Crippen LogP contribution is -2.45. The van der Waals surface area contributed by atoms with Crippen LogP contribution in [0.3, 0.4) is 0 Å². The highest BCUT2D eigenvalue weighted by Gasteiger charge is 2.40. The molecule has 2 saturated heterocycles. The molecular formula is C16H20N2O2. The number of aromatic amines is 1. The van der Waals surface area contributed by atoms with Gasteiger partial charge in [-0.15, -0.1) is 0 Å². The summed E-state index contributed by atoms with van der Waals surface area (Å²) < 4.78 is 11.6. The van der Waals surface area contributed by atoms with Crippen LogP contribution in [-0.2, 0) is 9.47 Å². The second kappa shape index (κ2) is 4.50. The van der Waals surface area contributed by atoms with Crippen molar-refractivity contribution in [3.05, 3.63) is 30.0 Å². The topological polar surface area (TPSA) is 37.5 Å². The largest absolute Gasteiger partial charge is 0.369 e.